The molecule has 1 aromatic rings. The van der Waals surface area contributed by atoms with E-state index in [0.29, 0.717) is 11.6 Å². The SMILES string of the molecule is CCNC1CCC(NC(=O)c2ccc(O)c(C)c2)CC1. The molecule has 0 heterocycles. The number of hydrogen-bond acceptors (Lipinski definition) is 3. The molecule has 0 unspecified atom stereocenters. The second-order valence-corrected chi connectivity index (χ2v) is 5.58. The molecule has 4 heteroatoms. The molecule has 2 rings (SSSR count). The number of hydrogen-bond donors (Lipinski definition) is 3. The summed E-state index contributed by atoms with van der Waals surface area (Å²) in [5, 5.41) is 16.0. The second-order valence-electron chi connectivity index (χ2n) is 5.58. The van der Waals surface area contributed by atoms with Gasteiger partial charge in [0.15, 0.2) is 0 Å². The molecule has 0 saturated heterocycles. The maximum atomic E-state index is 12.2. The van der Waals surface area contributed by atoms with E-state index in [1.807, 2.05) is 0 Å². The van der Waals surface area contributed by atoms with E-state index in [2.05, 4.69) is 17.6 Å². The van der Waals surface area contributed by atoms with Gasteiger partial charge in [0.1, 0.15) is 5.75 Å². The molecule has 0 radical (unpaired) electrons. The van der Waals surface area contributed by atoms with Crippen LogP contribution in [0.3, 0.4) is 0 Å². The van der Waals surface area contributed by atoms with Crippen molar-refractivity contribution in [1.82, 2.24) is 10.6 Å². The third-order valence-corrected chi connectivity index (χ3v) is 4.01. The van der Waals surface area contributed by atoms with Gasteiger partial charge >= 0.3 is 0 Å². The summed E-state index contributed by atoms with van der Waals surface area (Å²) in [5.74, 6) is 0.188. The minimum atomic E-state index is -0.0417. The van der Waals surface area contributed by atoms with Crippen molar-refractivity contribution in [2.45, 2.75) is 51.6 Å². The van der Waals surface area contributed by atoms with E-state index in [0.717, 1.165) is 37.8 Å². The molecule has 20 heavy (non-hydrogen) atoms. The first-order valence-corrected chi connectivity index (χ1v) is 7.44. The maximum Gasteiger partial charge on any atom is 0.251 e. The molecule has 0 atom stereocenters. The van der Waals surface area contributed by atoms with Gasteiger partial charge in [-0.15, -0.1) is 0 Å². The van der Waals surface area contributed by atoms with Crippen LogP contribution in [0, 0.1) is 6.92 Å². The van der Waals surface area contributed by atoms with Crippen molar-refractivity contribution in [3.63, 3.8) is 0 Å². The summed E-state index contributed by atoms with van der Waals surface area (Å²) in [6.45, 7) is 4.93. The summed E-state index contributed by atoms with van der Waals surface area (Å²) in [7, 11) is 0. The number of rotatable bonds is 4. The monoisotopic (exact) mass is 276 g/mol. The van der Waals surface area contributed by atoms with Crippen LogP contribution >= 0.6 is 0 Å². The van der Waals surface area contributed by atoms with Gasteiger partial charge in [-0.2, -0.15) is 0 Å². The number of aromatic hydroxyl groups is 1. The molecule has 3 N–H and O–H groups in total. The molecule has 0 spiro atoms. The predicted octanol–water partition coefficient (Wildman–Crippen LogP) is 2.35. The molecule has 0 aromatic heterocycles. The predicted molar refractivity (Wildman–Crippen MR) is 80.0 cm³/mol. The van der Waals surface area contributed by atoms with Crippen molar-refractivity contribution >= 4 is 5.91 Å². The molecule has 0 aliphatic heterocycles. The molecular formula is C16H24N2O2. The van der Waals surface area contributed by atoms with Gasteiger partial charge in [-0.25, -0.2) is 0 Å². The first-order chi connectivity index (χ1) is 9.60. The van der Waals surface area contributed by atoms with Crippen LogP contribution in [0.15, 0.2) is 18.2 Å². The zero-order valence-corrected chi connectivity index (χ0v) is 12.3. The Morgan fingerprint density at radius 3 is 2.50 bits per heavy atom. The van der Waals surface area contributed by atoms with Crippen molar-refractivity contribution in [3.8, 4) is 5.75 Å². The lowest BCUT2D eigenvalue weighted by atomic mass is 9.91. The summed E-state index contributed by atoms with van der Waals surface area (Å²) in [4.78, 5) is 12.2. The van der Waals surface area contributed by atoms with Crippen molar-refractivity contribution in [2.75, 3.05) is 6.54 Å². The lowest BCUT2D eigenvalue weighted by molar-refractivity contribution is 0.0924. The fraction of sp³-hybridized carbons (Fsp3) is 0.562. The first kappa shape index (κ1) is 14.9. The average Bonchev–Trinajstić information content (AvgIpc) is 2.44. The minimum absolute atomic E-state index is 0.0417. The van der Waals surface area contributed by atoms with Gasteiger partial charge in [0, 0.05) is 17.6 Å². The molecule has 1 amide bonds. The highest BCUT2D eigenvalue weighted by atomic mass is 16.3. The lowest BCUT2D eigenvalue weighted by Gasteiger charge is -2.29. The minimum Gasteiger partial charge on any atom is -0.508 e. The number of benzene rings is 1. The Hall–Kier alpha value is -1.55. The number of carbonyl (C=O) groups excluding carboxylic acids is 1. The summed E-state index contributed by atoms with van der Waals surface area (Å²) >= 11 is 0. The Morgan fingerprint density at radius 1 is 1.25 bits per heavy atom. The van der Waals surface area contributed by atoms with Crippen molar-refractivity contribution in [2.24, 2.45) is 0 Å². The number of carbonyl (C=O) groups is 1. The lowest BCUT2D eigenvalue weighted by Crippen LogP contribution is -2.42. The Labute approximate surface area is 120 Å². The number of nitrogens with one attached hydrogen (secondary N) is 2. The fourth-order valence-corrected chi connectivity index (χ4v) is 2.80. The van der Waals surface area contributed by atoms with Crippen molar-refractivity contribution in [1.29, 1.82) is 0 Å². The molecule has 0 bridgehead atoms. The highest BCUT2D eigenvalue weighted by Crippen LogP contribution is 2.20. The van der Waals surface area contributed by atoms with Gasteiger partial charge in [0.2, 0.25) is 0 Å². The van der Waals surface area contributed by atoms with Crippen LogP contribution in [0.25, 0.3) is 0 Å². The number of amides is 1. The standard InChI is InChI=1S/C16H24N2O2/c1-3-17-13-5-7-14(8-6-13)18-16(20)12-4-9-15(19)11(2)10-12/h4,9-10,13-14,17,19H,3,5-8H2,1-2H3,(H,18,20). The van der Waals surface area contributed by atoms with Crippen molar-refractivity contribution in [3.05, 3.63) is 29.3 Å². The Morgan fingerprint density at radius 2 is 1.90 bits per heavy atom. The quantitative estimate of drug-likeness (QED) is 0.791. The average molecular weight is 276 g/mol. The van der Waals surface area contributed by atoms with E-state index < -0.39 is 0 Å². The van der Waals surface area contributed by atoms with E-state index in [9.17, 15) is 9.90 Å². The topological polar surface area (TPSA) is 61.4 Å². The normalized spacial score (nSPS) is 22.5. The van der Waals surface area contributed by atoms with Crippen LogP contribution in [0.4, 0.5) is 0 Å². The molecule has 1 aliphatic carbocycles. The van der Waals surface area contributed by atoms with Crippen LogP contribution in [-0.2, 0) is 0 Å². The van der Waals surface area contributed by atoms with E-state index in [1.54, 1.807) is 25.1 Å². The van der Waals surface area contributed by atoms with Crippen LogP contribution in [-0.4, -0.2) is 29.6 Å². The molecule has 1 saturated carbocycles. The Balaban J connectivity index is 1.87. The highest BCUT2D eigenvalue weighted by molar-refractivity contribution is 5.94. The second kappa shape index (κ2) is 6.75. The zero-order chi connectivity index (χ0) is 14.5. The van der Waals surface area contributed by atoms with Gasteiger partial charge in [-0.3, -0.25) is 4.79 Å². The molecule has 4 nitrogen and oxygen atoms in total. The molecular weight excluding hydrogens is 252 g/mol. The maximum absolute atomic E-state index is 12.2. The number of aryl methyl sites for hydroxylation is 1. The van der Waals surface area contributed by atoms with Gasteiger partial charge in [0.05, 0.1) is 0 Å². The zero-order valence-electron chi connectivity index (χ0n) is 12.3. The highest BCUT2D eigenvalue weighted by Gasteiger charge is 2.22. The van der Waals surface area contributed by atoms with Crippen LogP contribution < -0.4 is 10.6 Å². The van der Waals surface area contributed by atoms with Gasteiger partial charge in [0.25, 0.3) is 5.91 Å². The largest absolute Gasteiger partial charge is 0.508 e. The molecule has 110 valence electrons. The summed E-state index contributed by atoms with van der Waals surface area (Å²) in [5.41, 5.74) is 1.35. The molecule has 1 fully saturated rings. The van der Waals surface area contributed by atoms with Gasteiger partial charge in [-0.05, 0) is 62.9 Å². The number of phenolic OH excluding ortho intramolecular Hbond substituents is 1. The summed E-state index contributed by atoms with van der Waals surface area (Å²) in [6.07, 6.45) is 4.29. The van der Waals surface area contributed by atoms with E-state index in [4.69, 9.17) is 0 Å². The van der Waals surface area contributed by atoms with E-state index >= 15 is 0 Å². The third-order valence-electron chi connectivity index (χ3n) is 4.01. The van der Waals surface area contributed by atoms with Crippen molar-refractivity contribution < 1.29 is 9.90 Å². The van der Waals surface area contributed by atoms with E-state index in [1.165, 1.54) is 0 Å². The van der Waals surface area contributed by atoms with E-state index in [-0.39, 0.29) is 17.7 Å². The van der Waals surface area contributed by atoms with Crippen LogP contribution in [0.2, 0.25) is 0 Å². The summed E-state index contributed by atoms with van der Waals surface area (Å²) in [6, 6.07) is 5.85. The van der Waals surface area contributed by atoms with Crippen LogP contribution in [0.5, 0.6) is 5.75 Å². The first-order valence-electron chi connectivity index (χ1n) is 7.44. The van der Waals surface area contributed by atoms with Gasteiger partial charge < -0.3 is 15.7 Å². The fourth-order valence-electron chi connectivity index (χ4n) is 2.80. The van der Waals surface area contributed by atoms with Crippen LogP contribution in [0.1, 0.15) is 48.5 Å². The Kier molecular flexibility index (Phi) is 5.01. The number of phenols is 1. The Bertz CT molecular complexity index is 466. The third kappa shape index (κ3) is 3.73. The molecule has 1 aromatic carbocycles. The molecule has 1 aliphatic rings. The summed E-state index contributed by atoms with van der Waals surface area (Å²) < 4.78 is 0. The smallest absolute Gasteiger partial charge is 0.251 e. The van der Waals surface area contributed by atoms with Gasteiger partial charge in [-0.1, -0.05) is 6.92 Å².